The number of primary amides is 1. The van der Waals surface area contributed by atoms with Crippen molar-refractivity contribution < 1.29 is 9.59 Å². The van der Waals surface area contributed by atoms with Gasteiger partial charge in [-0.2, -0.15) is 0 Å². The van der Waals surface area contributed by atoms with Crippen molar-refractivity contribution in [1.29, 1.82) is 0 Å². The van der Waals surface area contributed by atoms with E-state index < -0.39 is 18.0 Å². The van der Waals surface area contributed by atoms with Crippen LogP contribution in [0.3, 0.4) is 0 Å². The highest BCUT2D eigenvalue weighted by molar-refractivity contribution is 6.02. The number of aromatic nitrogens is 1. The fraction of sp³-hybridized carbons (Fsp3) is 0.105. The Morgan fingerprint density at radius 3 is 2.60 bits per heavy atom. The molecular formula is C19H18N4O2. The maximum Gasteiger partial charge on any atom is 0.319 e. The number of carbonyl (C=O) groups is 2. The lowest BCUT2D eigenvalue weighted by Crippen LogP contribution is -2.47. The molecule has 0 fully saturated rings. The molecule has 0 unspecified atom stereocenters. The van der Waals surface area contributed by atoms with E-state index in [9.17, 15) is 9.59 Å². The maximum absolute atomic E-state index is 12.3. The molecule has 3 aromatic rings. The predicted octanol–water partition coefficient (Wildman–Crippen LogP) is 2.45. The van der Waals surface area contributed by atoms with Crippen LogP contribution in [0.4, 0.5) is 10.5 Å². The number of anilines is 1. The van der Waals surface area contributed by atoms with Crippen molar-refractivity contribution in [3.8, 4) is 0 Å². The van der Waals surface area contributed by atoms with Crippen LogP contribution in [0.25, 0.3) is 10.8 Å². The largest absolute Gasteiger partial charge is 0.368 e. The fourth-order valence-electron chi connectivity index (χ4n) is 2.62. The van der Waals surface area contributed by atoms with Crippen molar-refractivity contribution in [2.45, 2.75) is 12.5 Å². The number of urea groups is 1. The van der Waals surface area contributed by atoms with Gasteiger partial charge >= 0.3 is 6.03 Å². The molecule has 0 saturated carbocycles. The minimum Gasteiger partial charge on any atom is -0.368 e. The number of rotatable bonds is 5. The quantitative estimate of drug-likeness (QED) is 0.668. The van der Waals surface area contributed by atoms with Gasteiger partial charge in [-0.3, -0.25) is 9.78 Å². The number of nitrogens with zero attached hydrogens (tertiary/aromatic N) is 1. The zero-order valence-electron chi connectivity index (χ0n) is 13.5. The van der Waals surface area contributed by atoms with E-state index >= 15 is 0 Å². The summed E-state index contributed by atoms with van der Waals surface area (Å²) in [5, 5.41) is 7.19. The Morgan fingerprint density at radius 2 is 1.84 bits per heavy atom. The van der Waals surface area contributed by atoms with Crippen molar-refractivity contribution in [3.63, 3.8) is 0 Å². The van der Waals surface area contributed by atoms with E-state index in [-0.39, 0.29) is 0 Å². The molecule has 1 aromatic heterocycles. The third-order valence-corrected chi connectivity index (χ3v) is 3.86. The van der Waals surface area contributed by atoms with Crippen LogP contribution in [0.1, 0.15) is 5.56 Å². The lowest BCUT2D eigenvalue weighted by molar-refractivity contribution is -0.119. The third kappa shape index (κ3) is 4.11. The number of benzene rings is 2. The molecule has 6 nitrogen and oxygen atoms in total. The standard InChI is InChI=1S/C19H18N4O2/c20-18(24)17(11-13-5-2-1-3-6-13)23-19(25)22-16-8-4-7-14-12-21-10-9-15(14)16/h1-10,12,17H,11H2,(H2,20,24)(H2,22,23,25)/t17-/m0/s1. The van der Waals surface area contributed by atoms with E-state index in [4.69, 9.17) is 5.73 Å². The van der Waals surface area contributed by atoms with Crippen molar-refractivity contribution in [3.05, 3.63) is 72.6 Å². The molecule has 25 heavy (non-hydrogen) atoms. The zero-order valence-corrected chi connectivity index (χ0v) is 13.5. The van der Waals surface area contributed by atoms with Crippen LogP contribution in [-0.2, 0) is 11.2 Å². The van der Waals surface area contributed by atoms with Gasteiger partial charge < -0.3 is 16.4 Å². The second-order valence-corrected chi connectivity index (χ2v) is 5.65. The molecule has 3 rings (SSSR count). The van der Waals surface area contributed by atoms with Gasteiger partial charge in [-0.05, 0) is 17.7 Å². The molecule has 0 radical (unpaired) electrons. The smallest absolute Gasteiger partial charge is 0.319 e. The molecule has 0 saturated heterocycles. The Morgan fingerprint density at radius 1 is 1.04 bits per heavy atom. The van der Waals surface area contributed by atoms with Crippen LogP contribution in [0.5, 0.6) is 0 Å². The van der Waals surface area contributed by atoms with E-state index in [0.29, 0.717) is 12.1 Å². The van der Waals surface area contributed by atoms with Crippen LogP contribution in [0.2, 0.25) is 0 Å². The Kier molecular flexibility index (Phi) is 4.89. The number of pyridine rings is 1. The Bertz CT molecular complexity index is 891. The molecule has 0 aliphatic heterocycles. The lowest BCUT2D eigenvalue weighted by Gasteiger charge is -2.17. The highest BCUT2D eigenvalue weighted by Gasteiger charge is 2.19. The molecular weight excluding hydrogens is 316 g/mol. The van der Waals surface area contributed by atoms with Gasteiger partial charge in [0.05, 0.1) is 5.69 Å². The lowest BCUT2D eigenvalue weighted by atomic mass is 10.1. The molecule has 3 amide bonds. The normalized spacial score (nSPS) is 11.7. The van der Waals surface area contributed by atoms with Gasteiger partial charge in [-0.15, -0.1) is 0 Å². The van der Waals surface area contributed by atoms with E-state index in [1.54, 1.807) is 18.5 Å². The van der Waals surface area contributed by atoms with Crippen molar-refractivity contribution in [2.24, 2.45) is 5.73 Å². The summed E-state index contributed by atoms with van der Waals surface area (Å²) in [6, 6.07) is 15.5. The number of hydrogen-bond donors (Lipinski definition) is 3. The van der Waals surface area contributed by atoms with Gasteiger partial charge in [0.2, 0.25) is 5.91 Å². The molecule has 2 aromatic carbocycles. The first kappa shape index (κ1) is 16.4. The minimum absolute atomic E-state index is 0.336. The molecule has 1 heterocycles. The summed E-state index contributed by atoms with van der Waals surface area (Å²) < 4.78 is 0. The van der Waals surface area contributed by atoms with Gasteiger partial charge in [-0.25, -0.2) is 4.79 Å². The highest BCUT2D eigenvalue weighted by atomic mass is 16.2. The molecule has 6 heteroatoms. The van der Waals surface area contributed by atoms with Gasteiger partial charge in [0.15, 0.2) is 0 Å². The van der Waals surface area contributed by atoms with Crippen molar-refractivity contribution in [2.75, 3.05) is 5.32 Å². The first-order valence-electron chi connectivity index (χ1n) is 7.87. The average Bonchev–Trinajstić information content (AvgIpc) is 2.62. The van der Waals surface area contributed by atoms with Crippen LogP contribution >= 0.6 is 0 Å². The van der Waals surface area contributed by atoms with Gasteiger partial charge in [0.25, 0.3) is 0 Å². The number of hydrogen-bond acceptors (Lipinski definition) is 3. The third-order valence-electron chi connectivity index (χ3n) is 3.86. The van der Waals surface area contributed by atoms with Crippen LogP contribution in [0.15, 0.2) is 67.0 Å². The number of carbonyl (C=O) groups excluding carboxylic acids is 2. The molecule has 1 atom stereocenters. The van der Waals surface area contributed by atoms with E-state index in [1.165, 1.54) is 0 Å². The van der Waals surface area contributed by atoms with Crippen LogP contribution in [-0.4, -0.2) is 23.0 Å². The zero-order chi connectivity index (χ0) is 17.6. The van der Waals surface area contributed by atoms with Crippen LogP contribution in [0, 0.1) is 0 Å². The topological polar surface area (TPSA) is 97.1 Å². The number of nitrogens with one attached hydrogen (secondary N) is 2. The summed E-state index contributed by atoms with van der Waals surface area (Å²) >= 11 is 0. The van der Waals surface area contributed by atoms with E-state index in [1.807, 2.05) is 48.5 Å². The van der Waals surface area contributed by atoms with Crippen LogP contribution < -0.4 is 16.4 Å². The summed E-state index contributed by atoms with van der Waals surface area (Å²) in [5.74, 6) is -0.582. The Labute approximate surface area is 145 Å². The molecule has 0 aliphatic rings. The molecule has 0 bridgehead atoms. The van der Waals surface area contributed by atoms with E-state index in [2.05, 4.69) is 15.6 Å². The Hall–Kier alpha value is -3.41. The van der Waals surface area contributed by atoms with Gasteiger partial charge in [0.1, 0.15) is 6.04 Å². The average molecular weight is 334 g/mol. The summed E-state index contributed by atoms with van der Waals surface area (Å²) in [4.78, 5) is 28.1. The SMILES string of the molecule is NC(=O)[C@H](Cc1ccccc1)NC(=O)Nc1cccc2cnccc12. The minimum atomic E-state index is -0.793. The second-order valence-electron chi connectivity index (χ2n) is 5.65. The summed E-state index contributed by atoms with van der Waals surface area (Å²) in [6.45, 7) is 0. The molecule has 4 N–H and O–H groups in total. The van der Waals surface area contributed by atoms with E-state index in [0.717, 1.165) is 16.3 Å². The maximum atomic E-state index is 12.3. The highest BCUT2D eigenvalue weighted by Crippen LogP contribution is 2.21. The van der Waals surface area contributed by atoms with Gasteiger partial charge in [0, 0.05) is 29.6 Å². The number of nitrogens with two attached hydrogens (primary N) is 1. The first-order valence-corrected chi connectivity index (χ1v) is 7.87. The summed E-state index contributed by atoms with van der Waals surface area (Å²) in [5.41, 5.74) is 6.99. The van der Waals surface area contributed by atoms with Crippen molar-refractivity contribution in [1.82, 2.24) is 10.3 Å². The molecule has 0 spiro atoms. The molecule has 0 aliphatic carbocycles. The number of amides is 3. The first-order chi connectivity index (χ1) is 12.1. The van der Waals surface area contributed by atoms with Gasteiger partial charge in [-0.1, -0.05) is 42.5 Å². The summed E-state index contributed by atoms with van der Waals surface area (Å²) in [7, 11) is 0. The second kappa shape index (κ2) is 7.44. The fourth-order valence-corrected chi connectivity index (χ4v) is 2.62. The molecule has 126 valence electrons. The Balaban J connectivity index is 1.72. The monoisotopic (exact) mass is 334 g/mol. The number of fused-ring (bicyclic) bond motifs is 1. The predicted molar refractivity (Wildman–Crippen MR) is 97.0 cm³/mol. The summed E-state index contributed by atoms with van der Waals surface area (Å²) in [6.07, 6.45) is 3.72. The van der Waals surface area contributed by atoms with Crippen molar-refractivity contribution >= 4 is 28.4 Å².